The molecule has 1 unspecified atom stereocenters. The Morgan fingerprint density at radius 1 is 1.12 bits per heavy atom. The van der Waals surface area contributed by atoms with E-state index in [1.165, 1.54) is 15.7 Å². The Morgan fingerprint density at radius 3 is 2.48 bits per heavy atom. The summed E-state index contributed by atoms with van der Waals surface area (Å²) in [6, 6.07) is 8.35. The second-order valence-corrected chi connectivity index (χ2v) is 13.2. The number of nitrogens with one attached hydrogen (secondary N) is 1. The third-order valence-electron chi connectivity index (χ3n) is 8.22. The zero-order chi connectivity index (χ0) is 28.6. The fourth-order valence-electron chi connectivity index (χ4n) is 5.82. The second-order valence-electron chi connectivity index (χ2n) is 11.9. The molecule has 5 N–H and O–H groups in total. The average Bonchev–Trinajstić information content (AvgIpc) is 2.91. The van der Waals surface area contributed by atoms with E-state index in [2.05, 4.69) is 48.4 Å². The van der Waals surface area contributed by atoms with Gasteiger partial charge in [-0.05, 0) is 81.2 Å². The molecule has 0 spiro atoms. The minimum absolute atomic E-state index is 0.138. The van der Waals surface area contributed by atoms with Crippen molar-refractivity contribution in [2.45, 2.75) is 63.6 Å². The molecule has 5 rings (SSSR count). The van der Waals surface area contributed by atoms with E-state index in [4.69, 9.17) is 11.5 Å². The minimum atomic E-state index is -0.945. The molecule has 1 aliphatic heterocycles. The molecule has 11 nitrogen and oxygen atoms in total. The van der Waals surface area contributed by atoms with Gasteiger partial charge < -0.3 is 21.3 Å². The van der Waals surface area contributed by atoms with Crippen LogP contribution in [0.2, 0.25) is 0 Å². The maximum atomic E-state index is 12.9. The van der Waals surface area contributed by atoms with E-state index in [9.17, 15) is 14.4 Å². The normalized spacial score (nSPS) is 23.0. The summed E-state index contributed by atoms with van der Waals surface area (Å²) in [7, 11) is 0. The number of nitrogens with zero attached hydrogens (tertiary/aromatic N) is 5. The van der Waals surface area contributed by atoms with Gasteiger partial charge in [0.2, 0.25) is 5.91 Å². The van der Waals surface area contributed by atoms with Crippen LogP contribution in [0.5, 0.6) is 0 Å². The number of carbonyl (C=O) groups excluding carboxylic acids is 2. The average molecular weight is 663 g/mol. The van der Waals surface area contributed by atoms with Gasteiger partial charge in [0.05, 0.1) is 11.2 Å². The number of aromatic nitrogens is 2. The van der Waals surface area contributed by atoms with Crippen molar-refractivity contribution in [3.8, 4) is 5.69 Å². The van der Waals surface area contributed by atoms with Gasteiger partial charge in [-0.3, -0.25) is 14.7 Å². The first kappa shape index (κ1) is 29.0. The predicted molar refractivity (Wildman–Crippen MR) is 163 cm³/mol. The highest BCUT2D eigenvalue weighted by Crippen LogP contribution is 2.32. The van der Waals surface area contributed by atoms with Crippen LogP contribution >= 0.6 is 22.9 Å². The number of anilines is 1. The minimum Gasteiger partial charge on any atom is -0.338 e. The first-order chi connectivity index (χ1) is 19.0. The van der Waals surface area contributed by atoms with Crippen molar-refractivity contribution in [3.05, 3.63) is 52.1 Å². The summed E-state index contributed by atoms with van der Waals surface area (Å²) in [5, 5.41) is 2.72. The molecular formula is C28H39IN8O3. The number of carbonyl (C=O) groups is 2. The Bertz CT molecular complexity index is 1310. The summed E-state index contributed by atoms with van der Waals surface area (Å²) in [6.45, 7) is 6.02. The largest absolute Gasteiger partial charge is 0.354 e. The van der Waals surface area contributed by atoms with E-state index in [0.29, 0.717) is 44.2 Å². The molecular weight excluding hydrogens is 623 g/mol. The number of rotatable bonds is 6. The van der Waals surface area contributed by atoms with Crippen LogP contribution in [0.25, 0.3) is 5.69 Å². The Balaban J connectivity index is 1.17. The third-order valence-corrected chi connectivity index (χ3v) is 9.40. The highest BCUT2D eigenvalue weighted by molar-refractivity contribution is 14.1. The van der Waals surface area contributed by atoms with E-state index in [1.807, 2.05) is 6.07 Å². The molecule has 2 fully saturated rings. The molecule has 3 amide bonds. The van der Waals surface area contributed by atoms with Gasteiger partial charge in [0.1, 0.15) is 5.82 Å². The Labute approximate surface area is 248 Å². The number of amides is 3. The predicted octanol–water partition coefficient (Wildman–Crippen LogP) is 1.89. The number of benzene rings is 1. The fourth-order valence-corrected chi connectivity index (χ4v) is 6.85. The quantitative estimate of drug-likeness (QED) is 0.317. The monoisotopic (exact) mass is 662 g/mol. The van der Waals surface area contributed by atoms with E-state index in [0.717, 1.165) is 44.3 Å². The number of piperazine rings is 1. The van der Waals surface area contributed by atoms with Crippen molar-refractivity contribution in [2.24, 2.45) is 17.4 Å². The molecule has 40 heavy (non-hydrogen) atoms. The van der Waals surface area contributed by atoms with Gasteiger partial charge in [0.25, 0.3) is 0 Å². The van der Waals surface area contributed by atoms with Crippen LogP contribution < -0.4 is 22.5 Å². The number of hydrogen-bond donors (Lipinski definition) is 3. The molecule has 0 radical (unpaired) electrons. The summed E-state index contributed by atoms with van der Waals surface area (Å²) in [5.74, 6) is 0.775. The summed E-state index contributed by atoms with van der Waals surface area (Å²) in [5.41, 5.74) is 13.8. The highest BCUT2D eigenvalue weighted by atomic mass is 127. The first-order valence-corrected chi connectivity index (χ1v) is 15.0. The zero-order valence-electron chi connectivity index (χ0n) is 23.2. The SMILES string of the molecule is CC(C)(N)C(=O)N1CCN(C(=O)Nc2ccn(-c3ccc4c(c3)CCC(N(I)C[C@H]3C[C@@H](N)C3)C4)c(=O)n2)CC1. The van der Waals surface area contributed by atoms with Gasteiger partial charge in [0.15, 0.2) is 0 Å². The summed E-state index contributed by atoms with van der Waals surface area (Å²) >= 11 is 2.48. The lowest BCUT2D eigenvalue weighted by Crippen LogP contribution is -2.58. The van der Waals surface area contributed by atoms with Crippen LogP contribution in [0.15, 0.2) is 35.3 Å². The standard InChI is InChI=1S/C28H39IN8O3/c1-28(2,31)25(38)34-9-11-35(12-10-34)26(39)32-24-7-8-36(27(40)33-24)22-5-3-20-16-23(6-4-19(20)15-22)37(29)17-18-13-21(30)14-18/h3,5,7-8,15,18,21,23H,4,6,9-14,16-17,30-31H2,1-2H3,(H,32,33,39,40)/t18-,21+,23?. The Hall–Kier alpha value is -2.55. The van der Waals surface area contributed by atoms with Crippen molar-refractivity contribution in [1.82, 2.24) is 22.5 Å². The smallest absolute Gasteiger partial charge is 0.338 e. The van der Waals surface area contributed by atoms with Crippen LogP contribution in [0.1, 0.15) is 44.2 Å². The molecule has 12 heteroatoms. The zero-order valence-corrected chi connectivity index (χ0v) is 25.3. The molecule has 1 saturated carbocycles. The molecule has 2 heterocycles. The molecule has 3 aliphatic rings. The van der Waals surface area contributed by atoms with E-state index < -0.39 is 11.2 Å². The highest BCUT2D eigenvalue weighted by Gasteiger charge is 2.32. The number of halogens is 1. The molecule has 1 atom stereocenters. The van der Waals surface area contributed by atoms with Gasteiger partial charge >= 0.3 is 11.7 Å². The van der Waals surface area contributed by atoms with Crippen LogP contribution in [0, 0.1) is 5.92 Å². The van der Waals surface area contributed by atoms with Crippen molar-refractivity contribution < 1.29 is 9.59 Å². The first-order valence-electron chi connectivity index (χ1n) is 14.0. The third kappa shape index (κ3) is 6.50. The molecule has 1 saturated heterocycles. The maximum absolute atomic E-state index is 12.9. The van der Waals surface area contributed by atoms with Crippen molar-refractivity contribution in [1.29, 1.82) is 0 Å². The molecule has 1 aromatic carbocycles. The number of hydrogen-bond acceptors (Lipinski definition) is 7. The number of urea groups is 1. The van der Waals surface area contributed by atoms with Crippen LogP contribution in [-0.2, 0) is 17.6 Å². The summed E-state index contributed by atoms with van der Waals surface area (Å²) in [6.07, 6.45) is 6.96. The topological polar surface area (TPSA) is 143 Å². The van der Waals surface area contributed by atoms with E-state index in [-0.39, 0.29) is 17.8 Å². The van der Waals surface area contributed by atoms with Gasteiger partial charge in [-0.1, -0.05) is 6.07 Å². The number of fused-ring (bicyclic) bond motifs is 1. The lowest BCUT2D eigenvalue weighted by molar-refractivity contribution is -0.137. The molecule has 216 valence electrons. The van der Waals surface area contributed by atoms with Crippen molar-refractivity contribution in [2.75, 3.05) is 38.0 Å². The van der Waals surface area contributed by atoms with E-state index >= 15 is 0 Å². The lowest BCUT2D eigenvalue weighted by atomic mass is 9.80. The second kappa shape index (κ2) is 11.7. The van der Waals surface area contributed by atoms with Crippen LogP contribution in [-0.4, -0.2) is 84.7 Å². The maximum Gasteiger partial charge on any atom is 0.354 e. The molecule has 0 bridgehead atoms. The van der Waals surface area contributed by atoms with Gasteiger partial charge in [0, 0.05) is 73.9 Å². The Morgan fingerprint density at radius 2 is 1.82 bits per heavy atom. The molecule has 2 aromatic rings. The summed E-state index contributed by atoms with van der Waals surface area (Å²) < 4.78 is 3.97. The van der Waals surface area contributed by atoms with Crippen molar-refractivity contribution >= 4 is 40.6 Å². The van der Waals surface area contributed by atoms with Gasteiger partial charge in [-0.2, -0.15) is 4.98 Å². The molecule has 2 aliphatic carbocycles. The number of nitrogens with two attached hydrogens (primary N) is 2. The van der Waals surface area contributed by atoms with Crippen molar-refractivity contribution in [3.63, 3.8) is 0 Å². The van der Waals surface area contributed by atoms with E-state index in [1.54, 1.807) is 35.9 Å². The fraction of sp³-hybridized carbons (Fsp3) is 0.571. The summed E-state index contributed by atoms with van der Waals surface area (Å²) in [4.78, 5) is 45.4. The Kier molecular flexibility index (Phi) is 8.50. The van der Waals surface area contributed by atoms with Crippen LogP contribution in [0.3, 0.4) is 0 Å². The lowest BCUT2D eigenvalue weighted by Gasteiger charge is -2.38. The molecule has 1 aromatic heterocycles. The number of aryl methyl sites for hydroxylation is 1. The van der Waals surface area contributed by atoms with Crippen LogP contribution in [0.4, 0.5) is 10.6 Å². The van der Waals surface area contributed by atoms with Gasteiger partial charge in [-0.15, -0.1) is 0 Å². The van der Waals surface area contributed by atoms with Gasteiger partial charge in [-0.25, -0.2) is 12.7 Å².